The second-order valence-electron chi connectivity index (χ2n) is 4.21. The number of hydrogen-bond acceptors (Lipinski definition) is 3. The van der Waals surface area contributed by atoms with Crippen molar-refractivity contribution in [1.29, 1.82) is 0 Å². The summed E-state index contributed by atoms with van der Waals surface area (Å²) < 4.78 is 0.936. The molecular weight excluding hydrogens is 356 g/mol. The summed E-state index contributed by atoms with van der Waals surface area (Å²) in [6.45, 7) is 0. The molecule has 0 saturated heterocycles. The number of pyridine rings is 2. The minimum Gasteiger partial charge on any atom is -0.254 e. The lowest BCUT2D eigenvalue weighted by Gasteiger charge is -2.06. The smallest absolute Gasteiger partial charge is 0.102 e. The van der Waals surface area contributed by atoms with Gasteiger partial charge >= 0.3 is 0 Å². The van der Waals surface area contributed by atoms with Gasteiger partial charge in [-0.05, 0) is 39.7 Å². The van der Waals surface area contributed by atoms with Gasteiger partial charge in [0.05, 0.1) is 5.52 Å². The predicted octanol–water partition coefficient (Wildman–Crippen LogP) is 5.34. The first-order valence-electron chi connectivity index (χ1n) is 6.00. The van der Waals surface area contributed by atoms with Gasteiger partial charge < -0.3 is 0 Å². The molecule has 2 heterocycles. The highest BCUT2D eigenvalue weighted by atomic mass is 79.9. The fourth-order valence-electron chi connectivity index (χ4n) is 1.87. The monoisotopic (exact) mass is 364 g/mol. The lowest BCUT2D eigenvalue weighted by atomic mass is 10.2. The molecule has 0 unspecified atom stereocenters. The van der Waals surface area contributed by atoms with E-state index in [1.807, 2.05) is 42.6 Å². The van der Waals surface area contributed by atoms with Gasteiger partial charge in [-0.1, -0.05) is 29.8 Å². The molecule has 20 heavy (non-hydrogen) atoms. The van der Waals surface area contributed by atoms with Crippen molar-refractivity contribution in [3.05, 3.63) is 63.9 Å². The highest BCUT2D eigenvalue weighted by Crippen LogP contribution is 2.30. The maximum absolute atomic E-state index is 6.18. The lowest BCUT2D eigenvalue weighted by molar-refractivity contribution is 1.26. The Morgan fingerprint density at radius 3 is 2.85 bits per heavy atom. The average molecular weight is 366 g/mol. The molecule has 0 N–H and O–H groups in total. The van der Waals surface area contributed by atoms with Gasteiger partial charge in [-0.2, -0.15) is 0 Å². The average Bonchev–Trinajstić information content (AvgIpc) is 2.46. The van der Waals surface area contributed by atoms with Crippen LogP contribution in [0.15, 0.2) is 58.2 Å². The van der Waals surface area contributed by atoms with Crippen LogP contribution in [0.3, 0.4) is 0 Å². The lowest BCUT2D eigenvalue weighted by Crippen LogP contribution is -1.87. The Bertz CT molecular complexity index is 764. The third kappa shape index (κ3) is 2.97. The van der Waals surface area contributed by atoms with Gasteiger partial charge in [-0.25, -0.2) is 0 Å². The Hall–Kier alpha value is -1.10. The van der Waals surface area contributed by atoms with Crippen LogP contribution in [-0.4, -0.2) is 9.97 Å². The number of fused-ring (bicyclic) bond motifs is 1. The molecule has 1 aromatic carbocycles. The van der Waals surface area contributed by atoms with Crippen LogP contribution >= 0.6 is 39.3 Å². The third-order valence-electron chi connectivity index (χ3n) is 2.85. The summed E-state index contributed by atoms with van der Waals surface area (Å²) in [7, 11) is 0. The fourth-order valence-corrected chi connectivity index (χ4v) is 3.48. The molecule has 2 aromatic heterocycles. The zero-order valence-corrected chi connectivity index (χ0v) is 13.5. The Labute approximate surface area is 134 Å². The molecule has 0 fully saturated rings. The van der Waals surface area contributed by atoms with Crippen molar-refractivity contribution in [2.45, 2.75) is 10.6 Å². The third-order valence-corrected chi connectivity index (χ3v) is 4.75. The number of benzene rings is 1. The molecule has 3 aromatic rings. The maximum atomic E-state index is 6.18. The van der Waals surface area contributed by atoms with Crippen molar-refractivity contribution in [3.63, 3.8) is 0 Å². The van der Waals surface area contributed by atoms with E-state index >= 15 is 0 Å². The molecule has 5 heteroatoms. The van der Waals surface area contributed by atoms with E-state index in [-0.39, 0.29) is 0 Å². The van der Waals surface area contributed by atoms with E-state index in [0.717, 1.165) is 36.7 Å². The second-order valence-corrected chi connectivity index (χ2v) is 6.55. The summed E-state index contributed by atoms with van der Waals surface area (Å²) >= 11 is 11.3. The molecule has 100 valence electrons. The van der Waals surface area contributed by atoms with Gasteiger partial charge in [0.1, 0.15) is 5.52 Å². The van der Waals surface area contributed by atoms with E-state index in [2.05, 4.69) is 25.9 Å². The van der Waals surface area contributed by atoms with Crippen LogP contribution in [0.4, 0.5) is 0 Å². The first-order valence-corrected chi connectivity index (χ1v) is 8.16. The highest BCUT2D eigenvalue weighted by Gasteiger charge is 2.06. The molecule has 0 aliphatic heterocycles. The SMILES string of the molecule is Clc1ccccc1CSc1ccnc2cc(Br)cnc12. The van der Waals surface area contributed by atoms with Gasteiger partial charge in [-0.3, -0.25) is 9.97 Å². The normalized spacial score (nSPS) is 10.9. The van der Waals surface area contributed by atoms with Crippen LogP contribution < -0.4 is 0 Å². The Balaban J connectivity index is 1.90. The molecule has 0 atom stereocenters. The maximum Gasteiger partial charge on any atom is 0.102 e. The number of halogens is 2. The van der Waals surface area contributed by atoms with Crippen molar-refractivity contribution >= 4 is 50.3 Å². The molecule has 0 amide bonds. The zero-order valence-electron chi connectivity index (χ0n) is 10.4. The number of nitrogens with zero attached hydrogens (tertiary/aromatic N) is 2. The molecule has 3 rings (SSSR count). The Morgan fingerprint density at radius 1 is 1.15 bits per heavy atom. The van der Waals surface area contributed by atoms with Gasteiger partial charge in [0.25, 0.3) is 0 Å². The first-order chi connectivity index (χ1) is 9.74. The van der Waals surface area contributed by atoms with E-state index in [1.54, 1.807) is 18.0 Å². The van der Waals surface area contributed by atoms with Crippen molar-refractivity contribution in [2.24, 2.45) is 0 Å². The van der Waals surface area contributed by atoms with Crippen LogP contribution in [0.2, 0.25) is 5.02 Å². The van der Waals surface area contributed by atoms with E-state index in [1.165, 1.54) is 0 Å². The van der Waals surface area contributed by atoms with Gasteiger partial charge in [0.2, 0.25) is 0 Å². The molecule has 0 saturated carbocycles. The quantitative estimate of drug-likeness (QED) is 0.586. The summed E-state index contributed by atoms with van der Waals surface area (Å²) in [6, 6.07) is 11.9. The van der Waals surface area contributed by atoms with Gasteiger partial charge in [0.15, 0.2) is 0 Å². The van der Waals surface area contributed by atoms with Gasteiger partial charge in [-0.15, -0.1) is 11.8 Å². The minimum absolute atomic E-state index is 0.800. The number of aromatic nitrogens is 2. The summed E-state index contributed by atoms with van der Waals surface area (Å²) in [5.41, 5.74) is 2.94. The minimum atomic E-state index is 0.800. The van der Waals surface area contributed by atoms with Crippen molar-refractivity contribution in [1.82, 2.24) is 9.97 Å². The largest absolute Gasteiger partial charge is 0.254 e. The number of hydrogen-bond donors (Lipinski definition) is 0. The Morgan fingerprint density at radius 2 is 2.00 bits per heavy atom. The van der Waals surface area contributed by atoms with E-state index in [0.29, 0.717) is 0 Å². The first kappa shape index (κ1) is 13.9. The van der Waals surface area contributed by atoms with Crippen molar-refractivity contribution in [2.75, 3.05) is 0 Å². The predicted molar refractivity (Wildman–Crippen MR) is 88.3 cm³/mol. The topological polar surface area (TPSA) is 25.8 Å². The summed E-state index contributed by atoms with van der Waals surface area (Å²) in [5.74, 6) is 0.816. The van der Waals surface area contributed by atoms with E-state index in [4.69, 9.17) is 11.6 Å². The Kier molecular flexibility index (Phi) is 4.24. The summed E-state index contributed by atoms with van der Waals surface area (Å²) in [4.78, 5) is 9.91. The molecule has 0 spiro atoms. The van der Waals surface area contributed by atoms with Crippen LogP contribution in [0.1, 0.15) is 5.56 Å². The van der Waals surface area contributed by atoms with Crippen LogP contribution in [0.25, 0.3) is 11.0 Å². The highest BCUT2D eigenvalue weighted by molar-refractivity contribution is 9.10. The van der Waals surface area contributed by atoms with Crippen molar-refractivity contribution in [3.8, 4) is 0 Å². The second kappa shape index (κ2) is 6.12. The van der Waals surface area contributed by atoms with E-state index in [9.17, 15) is 0 Å². The standard InChI is InChI=1S/C15H10BrClN2S/c16-11-7-13-15(19-8-11)14(5-6-18-13)20-9-10-3-1-2-4-12(10)17/h1-8H,9H2. The number of thioether (sulfide) groups is 1. The fraction of sp³-hybridized carbons (Fsp3) is 0.0667. The van der Waals surface area contributed by atoms with Crippen LogP contribution in [0, 0.1) is 0 Å². The zero-order chi connectivity index (χ0) is 13.9. The molecule has 0 radical (unpaired) electrons. The molecule has 0 bridgehead atoms. The summed E-state index contributed by atoms with van der Waals surface area (Å²) in [6.07, 6.45) is 3.61. The number of rotatable bonds is 3. The molecule has 0 aliphatic carbocycles. The van der Waals surface area contributed by atoms with Gasteiger partial charge in [0, 0.05) is 32.5 Å². The van der Waals surface area contributed by atoms with Crippen molar-refractivity contribution < 1.29 is 0 Å². The molecule has 0 aliphatic rings. The van der Waals surface area contributed by atoms with Crippen LogP contribution in [0.5, 0.6) is 0 Å². The van der Waals surface area contributed by atoms with Crippen LogP contribution in [-0.2, 0) is 5.75 Å². The van der Waals surface area contributed by atoms with E-state index < -0.39 is 0 Å². The summed E-state index contributed by atoms with van der Waals surface area (Å²) in [5, 5.41) is 0.800. The molecule has 2 nitrogen and oxygen atoms in total. The molecular formula is C15H10BrClN2S.